The number of hydrogen-bond acceptors (Lipinski definition) is 1. The molecule has 0 aliphatic heterocycles. The minimum absolute atomic E-state index is 0.0188. The smallest absolute Gasteiger partial charge is 0.251 e. The Morgan fingerprint density at radius 1 is 1.50 bits per heavy atom. The Hall–Kier alpha value is -1.35. The van der Waals surface area contributed by atoms with E-state index in [4.69, 9.17) is 0 Å². The highest BCUT2D eigenvalue weighted by Crippen LogP contribution is 2.21. The number of hydrogen-bond donors (Lipinski definition) is 1. The molecule has 0 aromatic heterocycles. The molecule has 1 aliphatic carbocycles. The molecule has 0 heterocycles. The molecular formula is C17H22BrNO. The highest BCUT2D eigenvalue weighted by Gasteiger charge is 2.12. The van der Waals surface area contributed by atoms with Crippen LogP contribution in [0.3, 0.4) is 0 Å². The van der Waals surface area contributed by atoms with Gasteiger partial charge in [-0.1, -0.05) is 58.8 Å². The standard InChI is InChI=1S/C17H22BrNO/c1-4-7-14(8-5-2)12-19-17(20)16-11-15(18)10-6-9-13(16)3/h4,6-8,10-11H,5,9,12H2,1-3H3,(H,19,20)/b7-4-,14-8+. The van der Waals surface area contributed by atoms with Crippen molar-refractivity contribution in [2.75, 3.05) is 6.54 Å². The monoisotopic (exact) mass is 335 g/mol. The van der Waals surface area contributed by atoms with Crippen molar-refractivity contribution < 1.29 is 4.79 Å². The van der Waals surface area contributed by atoms with Gasteiger partial charge in [0, 0.05) is 16.6 Å². The van der Waals surface area contributed by atoms with Crippen LogP contribution < -0.4 is 5.32 Å². The van der Waals surface area contributed by atoms with Gasteiger partial charge in [0.25, 0.3) is 5.91 Å². The van der Waals surface area contributed by atoms with E-state index < -0.39 is 0 Å². The summed E-state index contributed by atoms with van der Waals surface area (Å²) in [4.78, 5) is 12.3. The van der Waals surface area contributed by atoms with E-state index in [1.807, 2.05) is 38.2 Å². The lowest BCUT2D eigenvalue weighted by Gasteiger charge is -2.09. The fraction of sp³-hybridized carbons (Fsp3) is 0.353. The summed E-state index contributed by atoms with van der Waals surface area (Å²) in [5.74, 6) is -0.0188. The van der Waals surface area contributed by atoms with Crippen LogP contribution in [0, 0.1) is 0 Å². The predicted molar refractivity (Wildman–Crippen MR) is 89.7 cm³/mol. The van der Waals surface area contributed by atoms with E-state index in [0.29, 0.717) is 6.54 Å². The maximum Gasteiger partial charge on any atom is 0.251 e. The first-order valence-corrected chi connectivity index (χ1v) is 7.71. The zero-order valence-electron chi connectivity index (χ0n) is 12.4. The normalized spacial score (nSPS) is 16.4. The fourth-order valence-electron chi connectivity index (χ4n) is 1.98. The van der Waals surface area contributed by atoms with E-state index >= 15 is 0 Å². The summed E-state index contributed by atoms with van der Waals surface area (Å²) in [6.45, 7) is 6.63. The second-order valence-electron chi connectivity index (χ2n) is 4.70. The Kier molecular flexibility index (Phi) is 7.31. The molecule has 2 nitrogen and oxygen atoms in total. The van der Waals surface area contributed by atoms with Crippen LogP contribution in [0.15, 0.2) is 57.7 Å². The van der Waals surface area contributed by atoms with Crippen LogP contribution in [0.1, 0.15) is 33.6 Å². The Morgan fingerprint density at radius 2 is 2.25 bits per heavy atom. The first-order valence-electron chi connectivity index (χ1n) is 6.91. The topological polar surface area (TPSA) is 29.1 Å². The third-order valence-corrected chi connectivity index (χ3v) is 3.48. The van der Waals surface area contributed by atoms with Gasteiger partial charge in [-0.2, -0.15) is 0 Å². The molecule has 3 heteroatoms. The Morgan fingerprint density at radius 3 is 2.90 bits per heavy atom. The zero-order chi connectivity index (χ0) is 15.0. The lowest BCUT2D eigenvalue weighted by molar-refractivity contribution is -0.117. The molecule has 0 saturated carbocycles. The first-order chi connectivity index (χ1) is 9.58. The van der Waals surface area contributed by atoms with Crippen molar-refractivity contribution in [3.8, 4) is 0 Å². The van der Waals surface area contributed by atoms with Gasteiger partial charge in [0.2, 0.25) is 0 Å². The van der Waals surface area contributed by atoms with Crippen molar-refractivity contribution >= 4 is 21.8 Å². The van der Waals surface area contributed by atoms with Crippen LogP contribution in [0.5, 0.6) is 0 Å². The summed E-state index contributed by atoms with van der Waals surface area (Å²) < 4.78 is 0.928. The van der Waals surface area contributed by atoms with Crippen LogP contribution in [0.4, 0.5) is 0 Å². The number of rotatable bonds is 5. The highest BCUT2D eigenvalue weighted by molar-refractivity contribution is 9.11. The molecule has 0 atom stereocenters. The molecule has 1 N–H and O–H groups in total. The molecule has 0 aromatic rings. The average molecular weight is 336 g/mol. The van der Waals surface area contributed by atoms with Crippen molar-refractivity contribution in [2.24, 2.45) is 0 Å². The van der Waals surface area contributed by atoms with Crippen LogP contribution in [-0.4, -0.2) is 12.5 Å². The summed E-state index contributed by atoms with van der Waals surface area (Å²) in [7, 11) is 0. The van der Waals surface area contributed by atoms with Crippen molar-refractivity contribution in [3.05, 3.63) is 57.7 Å². The minimum atomic E-state index is -0.0188. The molecule has 0 unspecified atom stereocenters. The Balaban J connectivity index is 2.76. The quantitative estimate of drug-likeness (QED) is 0.732. The molecule has 1 rings (SSSR count). The SMILES string of the molecule is C/C=C\C(=C/CC)CNC(=O)C1=C(C)CC=CC(Br)=C1. The van der Waals surface area contributed by atoms with E-state index in [0.717, 1.165) is 34.0 Å². The van der Waals surface area contributed by atoms with E-state index in [9.17, 15) is 4.79 Å². The zero-order valence-corrected chi connectivity index (χ0v) is 14.0. The van der Waals surface area contributed by atoms with Gasteiger partial charge in [0.1, 0.15) is 0 Å². The van der Waals surface area contributed by atoms with Crippen LogP contribution in [0.25, 0.3) is 0 Å². The van der Waals surface area contributed by atoms with E-state index in [1.54, 1.807) is 0 Å². The van der Waals surface area contributed by atoms with Crippen molar-refractivity contribution in [1.82, 2.24) is 5.32 Å². The van der Waals surface area contributed by atoms with Crippen molar-refractivity contribution in [2.45, 2.75) is 33.6 Å². The summed E-state index contributed by atoms with van der Waals surface area (Å²) in [6, 6.07) is 0. The van der Waals surface area contributed by atoms with Gasteiger partial charge in [-0.25, -0.2) is 0 Å². The molecule has 0 radical (unpaired) electrons. The average Bonchev–Trinajstić information content (AvgIpc) is 2.58. The molecule has 0 spiro atoms. The van der Waals surface area contributed by atoms with Gasteiger partial charge in [-0.3, -0.25) is 4.79 Å². The van der Waals surface area contributed by atoms with Crippen LogP contribution in [0.2, 0.25) is 0 Å². The molecule has 0 saturated heterocycles. The van der Waals surface area contributed by atoms with E-state index in [1.165, 1.54) is 0 Å². The number of carbonyl (C=O) groups is 1. The third kappa shape index (κ3) is 5.33. The number of amides is 1. The van der Waals surface area contributed by atoms with Crippen molar-refractivity contribution in [3.63, 3.8) is 0 Å². The lowest BCUT2D eigenvalue weighted by atomic mass is 10.1. The van der Waals surface area contributed by atoms with Gasteiger partial charge >= 0.3 is 0 Å². The maximum absolute atomic E-state index is 12.3. The van der Waals surface area contributed by atoms with Gasteiger partial charge in [0.05, 0.1) is 0 Å². The summed E-state index contributed by atoms with van der Waals surface area (Å²) in [5, 5.41) is 2.99. The molecular weight excluding hydrogens is 314 g/mol. The van der Waals surface area contributed by atoms with Gasteiger partial charge in [0.15, 0.2) is 0 Å². The summed E-state index contributed by atoms with van der Waals surface area (Å²) >= 11 is 3.44. The molecule has 1 aliphatic rings. The Bertz CT molecular complexity index is 507. The second kappa shape index (κ2) is 8.75. The van der Waals surface area contributed by atoms with Gasteiger partial charge in [-0.15, -0.1) is 0 Å². The number of allylic oxidation sites excluding steroid dienone is 6. The molecule has 20 heavy (non-hydrogen) atoms. The molecule has 0 fully saturated rings. The number of carbonyl (C=O) groups excluding carboxylic acids is 1. The van der Waals surface area contributed by atoms with E-state index in [2.05, 4.69) is 40.3 Å². The van der Waals surface area contributed by atoms with Gasteiger partial charge < -0.3 is 5.32 Å². The van der Waals surface area contributed by atoms with Crippen molar-refractivity contribution in [1.29, 1.82) is 0 Å². The van der Waals surface area contributed by atoms with Gasteiger partial charge in [-0.05, 0) is 38.3 Å². The first kappa shape index (κ1) is 16.7. The highest BCUT2D eigenvalue weighted by atomic mass is 79.9. The summed E-state index contributed by atoms with van der Waals surface area (Å²) in [5.41, 5.74) is 2.97. The lowest BCUT2D eigenvalue weighted by Crippen LogP contribution is -2.27. The molecule has 0 bridgehead atoms. The molecule has 108 valence electrons. The fourth-order valence-corrected chi connectivity index (χ4v) is 2.40. The summed E-state index contributed by atoms with van der Waals surface area (Å²) in [6.07, 6.45) is 13.8. The number of halogens is 1. The molecule has 1 amide bonds. The Labute approximate surface area is 130 Å². The number of nitrogens with one attached hydrogen (secondary N) is 1. The van der Waals surface area contributed by atoms with Crippen LogP contribution in [-0.2, 0) is 4.79 Å². The largest absolute Gasteiger partial charge is 0.348 e. The predicted octanol–water partition coefficient (Wildman–Crippen LogP) is 4.57. The van der Waals surface area contributed by atoms with E-state index in [-0.39, 0.29) is 5.91 Å². The second-order valence-corrected chi connectivity index (χ2v) is 5.62. The van der Waals surface area contributed by atoms with Crippen LogP contribution >= 0.6 is 15.9 Å². The molecule has 0 aromatic carbocycles. The third-order valence-electron chi connectivity index (χ3n) is 2.99. The minimum Gasteiger partial charge on any atom is -0.348 e. The maximum atomic E-state index is 12.3.